The van der Waals surface area contributed by atoms with Gasteiger partial charge in [0.2, 0.25) is 0 Å². The number of fused-ring (bicyclic) bond motifs is 1. The van der Waals surface area contributed by atoms with E-state index >= 15 is 0 Å². The molecule has 1 aromatic carbocycles. The fraction of sp³-hybridized carbons (Fsp3) is 0.474. The van der Waals surface area contributed by atoms with E-state index in [-0.39, 0.29) is 11.7 Å². The molecule has 2 aliphatic rings. The Morgan fingerprint density at radius 3 is 2.88 bits per heavy atom. The molecule has 7 heteroatoms. The number of benzene rings is 1. The third-order valence-corrected chi connectivity index (χ3v) is 5.42. The van der Waals surface area contributed by atoms with Gasteiger partial charge in [-0.05, 0) is 37.0 Å². The Morgan fingerprint density at radius 2 is 2.12 bits per heavy atom. The van der Waals surface area contributed by atoms with Gasteiger partial charge in [0.1, 0.15) is 5.82 Å². The summed E-state index contributed by atoms with van der Waals surface area (Å²) in [6, 6.07) is 10.3. The SMILES string of the molecule is O=c1[nH]c(=S)n(CCc2ccccc2)c2c1CN(CC1CCCO1)CN2. The van der Waals surface area contributed by atoms with E-state index in [0.29, 0.717) is 18.0 Å². The van der Waals surface area contributed by atoms with E-state index in [1.165, 1.54) is 5.56 Å². The van der Waals surface area contributed by atoms with E-state index < -0.39 is 0 Å². The van der Waals surface area contributed by atoms with Gasteiger partial charge in [-0.25, -0.2) is 0 Å². The van der Waals surface area contributed by atoms with E-state index in [4.69, 9.17) is 17.0 Å². The van der Waals surface area contributed by atoms with Crippen LogP contribution in [0, 0.1) is 4.77 Å². The number of nitrogens with one attached hydrogen (secondary N) is 2. The summed E-state index contributed by atoms with van der Waals surface area (Å²) in [5, 5.41) is 3.42. The Kier molecular flexibility index (Phi) is 5.19. The lowest BCUT2D eigenvalue weighted by molar-refractivity contribution is 0.0716. The Balaban J connectivity index is 1.53. The summed E-state index contributed by atoms with van der Waals surface area (Å²) in [6.07, 6.45) is 3.37. The van der Waals surface area contributed by atoms with Crippen LogP contribution in [0.25, 0.3) is 0 Å². The maximum atomic E-state index is 12.5. The van der Waals surface area contributed by atoms with Crippen LogP contribution >= 0.6 is 12.2 Å². The lowest BCUT2D eigenvalue weighted by atomic mass is 10.1. The molecule has 0 bridgehead atoms. The van der Waals surface area contributed by atoms with Crippen LogP contribution in [0.15, 0.2) is 35.1 Å². The molecule has 2 N–H and O–H groups in total. The van der Waals surface area contributed by atoms with Crippen molar-refractivity contribution in [1.82, 2.24) is 14.5 Å². The molecule has 1 fully saturated rings. The highest BCUT2D eigenvalue weighted by Gasteiger charge is 2.25. The lowest BCUT2D eigenvalue weighted by Gasteiger charge is -2.32. The molecule has 26 heavy (non-hydrogen) atoms. The molecule has 0 aliphatic carbocycles. The number of H-pyrrole nitrogens is 1. The minimum atomic E-state index is -0.0921. The fourth-order valence-electron chi connectivity index (χ4n) is 3.73. The summed E-state index contributed by atoms with van der Waals surface area (Å²) in [6.45, 7) is 3.77. The van der Waals surface area contributed by atoms with Crippen molar-refractivity contribution in [3.05, 3.63) is 56.6 Å². The van der Waals surface area contributed by atoms with Gasteiger partial charge >= 0.3 is 0 Å². The van der Waals surface area contributed by atoms with Crippen molar-refractivity contribution >= 4 is 18.0 Å². The standard InChI is InChI=1S/C19H24N4O2S/c24-18-16-12-22(11-15-7-4-10-25-15)13-20-17(16)23(19(26)21-18)9-8-14-5-2-1-3-6-14/h1-3,5-6,15,20H,4,7-13H2,(H,21,24,26). The highest BCUT2D eigenvalue weighted by atomic mass is 32.1. The summed E-state index contributed by atoms with van der Waals surface area (Å²) in [5.41, 5.74) is 1.92. The number of aryl methyl sites for hydroxylation is 1. The van der Waals surface area contributed by atoms with Crippen molar-refractivity contribution in [2.45, 2.75) is 38.5 Å². The molecule has 0 radical (unpaired) electrons. The lowest BCUT2D eigenvalue weighted by Crippen LogP contribution is -2.42. The molecule has 2 aromatic rings. The molecule has 1 aromatic heterocycles. The van der Waals surface area contributed by atoms with Crippen LogP contribution in [-0.2, 0) is 24.2 Å². The molecule has 1 saturated heterocycles. The first-order chi connectivity index (χ1) is 12.7. The maximum absolute atomic E-state index is 12.5. The van der Waals surface area contributed by atoms with E-state index in [1.54, 1.807) is 0 Å². The topological polar surface area (TPSA) is 62.3 Å². The molecule has 2 aliphatic heterocycles. The second kappa shape index (κ2) is 7.73. The number of nitrogens with zero attached hydrogens (tertiary/aromatic N) is 2. The van der Waals surface area contributed by atoms with Gasteiger partial charge in [0.15, 0.2) is 4.77 Å². The smallest absolute Gasteiger partial charge is 0.258 e. The maximum Gasteiger partial charge on any atom is 0.258 e. The fourth-order valence-corrected chi connectivity index (χ4v) is 4.01. The summed E-state index contributed by atoms with van der Waals surface area (Å²) in [5.74, 6) is 0.860. The number of anilines is 1. The molecular formula is C19H24N4O2S. The number of hydrogen-bond donors (Lipinski definition) is 2. The van der Waals surface area contributed by atoms with Crippen molar-refractivity contribution in [2.75, 3.05) is 25.1 Å². The number of aromatic nitrogens is 2. The van der Waals surface area contributed by atoms with Gasteiger partial charge in [-0.2, -0.15) is 0 Å². The van der Waals surface area contributed by atoms with E-state index in [1.807, 2.05) is 22.8 Å². The zero-order chi connectivity index (χ0) is 17.9. The highest BCUT2D eigenvalue weighted by molar-refractivity contribution is 7.71. The van der Waals surface area contributed by atoms with Gasteiger partial charge in [-0.3, -0.25) is 14.7 Å². The third-order valence-electron chi connectivity index (χ3n) is 5.10. The Bertz CT molecular complexity index is 871. The Labute approximate surface area is 157 Å². The zero-order valence-electron chi connectivity index (χ0n) is 14.7. The van der Waals surface area contributed by atoms with Gasteiger partial charge in [0.25, 0.3) is 5.56 Å². The van der Waals surface area contributed by atoms with Crippen LogP contribution in [0.4, 0.5) is 5.82 Å². The van der Waals surface area contributed by atoms with Crippen molar-refractivity contribution in [1.29, 1.82) is 0 Å². The van der Waals surface area contributed by atoms with Crippen molar-refractivity contribution in [2.24, 2.45) is 0 Å². The van der Waals surface area contributed by atoms with Crippen LogP contribution in [0.3, 0.4) is 0 Å². The molecule has 0 spiro atoms. The molecule has 0 saturated carbocycles. The molecule has 4 rings (SSSR count). The molecule has 3 heterocycles. The molecule has 1 atom stereocenters. The number of hydrogen-bond acceptors (Lipinski definition) is 5. The van der Waals surface area contributed by atoms with Gasteiger partial charge in [0, 0.05) is 26.2 Å². The number of aromatic amines is 1. The summed E-state index contributed by atoms with van der Waals surface area (Å²) in [4.78, 5) is 17.5. The molecule has 1 unspecified atom stereocenters. The molecule has 0 amide bonds. The zero-order valence-corrected chi connectivity index (χ0v) is 15.6. The second-order valence-electron chi connectivity index (χ2n) is 6.96. The van der Waals surface area contributed by atoms with Gasteiger partial charge in [-0.15, -0.1) is 0 Å². The van der Waals surface area contributed by atoms with Crippen LogP contribution in [0.2, 0.25) is 0 Å². The van der Waals surface area contributed by atoms with Crippen molar-refractivity contribution in [3.8, 4) is 0 Å². The Morgan fingerprint density at radius 1 is 1.27 bits per heavy atom. The largest absolute Gasteiger partial charge is 0.377 e. The average molecular weight is 372 g/mol. The van der Waals surface area contributed by atoms with Crippen LogP contribution in [-0.4, -0.2) is 40.4 Å². The van der Waals surface area contributed by atoms with Crippen molar-refractivity contribution in [3.63, 3.8) is 0 Å². The molecule has 6 nitrogen and oxygen atoms in total. The summed E-state index contributed by atoms with van der Waals surface area (Å²) >= 11 is 5.42. The Hall–Kier alpha value is -1.96. The van der Waals surface area contributed by atoms with Crippen LogP contribution < -0.4 is 10.9 Å². The predicted molar refractivity (Wildman–Crippen MR) is 104 cm³/mol. The first kappa shape index (κ1) is 17.5. The van der Waals surface area contributed by atoms with Crippen LogP contribution in [0.1, 0.15) is 24.0 Å². The van der Waals surface area contributed by atoms with Gasteiger partial charge in [0.05, 0.1) is 18.3 Å². The number of rotatable bonds is 5. The monoisotopic (exact) mass is 372 g/mol. The summed E-state index contributed by atoms with van der Waals surface area (Å²) < 4.78 is 8.22. The second-order valence-corrected chi connectivity index (χ2v) is 7.34. The average Bonchev–Trinajstić information content (AvgIpc) is 3.16. The van der Waals surface area contributed by atoms with Crippen molar-refractivity contribution < 1.29 is 4.74 Å². The summed E-state index contributed by atoms with van der Waals surface area (Å²) in [7, 11) is 0. The number of ether oxygens (including phenoxy) is 1. The molecule has 138 valence electrons. The van der Waals surface area contributed by atoms with E-state index in [2.05, 4.69) is 27.3 Å². The van der Waals surface area contributed by atoms with Gasteiger partial charge < -0.3 is 14.6 Å². The minimum absolute atomic E-state index is 0.0921. The quantitative estimate of drug-likeness (QED) is 0.790. The first-order valence-corrected chi connectivity index (χ1v) is 9.59. The van der Waals surface area contributed by atoms with Crippen LogP contribution in [0.5, 0.6) is 0 Å². The predicted octanol–water partition coefficient (Wildman–Crippen LogP) is 2.51. The minimum Gasteiger partial charge on any atom is -0.377 e. The van der Waals surface area contributed by atoms with E-state index in [9.17, 15) is 4.79 Å². The first-order valence-electron chi connectivity index (χ1n) is 9.18. The normalized spacial score (nSPS) is 19.9. The molecular weight excluding hydrogens is 348 g/mol. The van der Waals surface area contributed by atoms with E-state index in [0.717, 1.165) is 50.3 Å². The highest BCUT2D eigenvalue weighted by Crippen LogP contribution is 2.22. The van der Waals surface area contributed by atoms with Gasteiger partial charge in [-0.1, -0.05) is 30.3 Å². The third kappa shape index (κ3) is 3.75.